The van der Waals surface area contributed by atoms with Gasteiger partial charge in [0.05, 0.1) is 12.1 Å². The van der Waals surface area contributed by atoms with Gasteiger partial charge in [-0.05, 0) is 17.5 Å². The minimum Gasteiger partial charge on any atom is -0.508 e. The van der Waals surface area contributed by atoms with E-state index in [1.165, 1.54) is 18.2 Å². The molecule has 0 aromatic heterocycles. The van der Waals surface area contributed by atoms with Gasteiger partial charge in [-0.3, -0.25) is 0 Å². The van der Waals surface area contributed by atoms with E-state index in [0.29, 0.717) is 5.56 Å². The molecule has 90 valence electrons. The minimum atomic E-state index is -0.775. The van der Waals surface area contributed by atoms with Gasteiger partial charge in [0.1, 0.15) is 11.5 Å². The number of aliphatic hydroxyl groups excluding tert-OH is 1. The lowest BCUT2D eigenvalue weighted by Crippen LogP contribution is -2.36. The van der Waals surface area contributed by atoms with Crippen molar-refractivity contribution >= 4 is 0 Å². The number of nitrogens with two attached hydrogens (primary N) is 1. The molecule has 5 N–H and O–H groups in total. The highest BCUT2D eigenvalue weighted by Gasteiger charge is 2.30. The summed E-state index contributed by atoms with van der Waals surface area (Å²) in [5, 5.41) is 28.8. The Labute approximate surface area is 95.3 Å². The molecule has 2 atom stereocenters. The molecular formula is C12H19NO3. The molecule has 0 saturated carbocycles. The van der Waals surface area contributed by atoms with E-state index in [1.807, 2.05) is 20.8 Å². The Morgan fingerprint density at radius 3 is 2.19 bits per heavy atom. The number of phenolic OH excluding ortho intramolecular Hbond substituents is 2. The predicted octanol–water partition coefficient (Wildman–Crippen LogP) is 1.50. The molecule has 4 nitrogen and oxygen atoms in total. The fourth-order valence-electron chi connectivity index (χ4n) is 1.52. The van der Waals surface area contributed by atoms with Crippen LogP contribution in [-0.2, 0) is 0 Å². The number of rotatable bonds is 2. The van der Waals surface area contributed by atoms with Gasteiger partial charge < -0.3 is 21.1 Å². The number of hydrogen-bond acceptors (Lipinski definition) is 4. The fraction of sp³-hybridized carbons (Fsp3) is 0.500. The van der Waals surface area contributed by atoms with Crippen molar-refractivity contribution in [2.75, 3.05) is 0 Å². The molecule has 16 heavy (non-hydrogen) atoms. The lowest BCUT2D eigenvalue weighted by atomic mass is 9.82. The monoisotopic (exact) mass is 225 g/mol. The molecule has 0 amide bonds. The summed E-state index contributed by atoms with van der Waals surface area (Å²) in [6.07, 6.45) is -0.775. The van der Waals surface area contributed by atoms with Gasteiger partial charge in [-0.1, -0.05) is 20.8 Å². The van der Waals surface area contributed by atoms with Crippen LogP contribution in [0.3, 0.4) is 0 Å². The Morgan fingerprint density at radius 2 is 1.75 bits per heavy atom. The molecule has 0 bridgehead atoms. The third-order valence-corrected chi connectivity index (χ3v) is 2.60. The van der Waals surface area contributed by atoms with Gasteiger partial charge in [0.2, 0.25) is 0 Å². The smallest absolute Gasteiger partial charge is 0.124 e. The minimum absolute atomic E-state index is 0.0290. The highest BCUT2D eigenvalue weighted by molar-refractivity contribution is 5.41. The zero-order valence-corrected chi connectivity index (χ0v) is 9.81. The maximum absolute atomic E-state index is 10.0. The molecule has 0 aliphatic carbocycles. The summed E-state index contributed by atoms with van der Waals surface area (Å²) in [4.78, 5) is 0. The van der Waals surface area contributed by atoms with E-state index in [1.54, 1.807) is 0 Å². The molecule has 1 rings (SSSR count). The summed E-state index contributed by atoms with van der Waals surface area (Å²) < 4.78 is 0. The summed E-state index contributed by atoms with van der Waals surface area (Å²) in [6, 6.07) is 3.49. The van der Waals surface area contributed by atoms with Crippen molar-refractivity contribution in [3.05, 3.63) is 23.8 Å². The average molecular weight is 225 g/mol. The molecule has 0 fully saturated rings. The lowest BCUT2D eigenvalue weighted by Gasteiger charge is -2.31. The zero-order chi connectivity index (χ0) is 12.5. The topological polar surface area (TPSA) is 86.7 Å². The second-order valence-corrected chi connectivity index (χ2v) is 5.08. The predicted molar refractivity (Wildman–Crippen MR) is 62.2 cm³/mol. The van der Waals surface area contributed by atoms with Crippen LogP contribution in [0.5, 0.6) is 11.5 Å². The van der Waals surface area contributed by atoms with Crippen molar-refractivity contribution in [1.82, 2.24) is 0 Å². The summed E-state index contributed by atoms with van der Waals surface area (Å²) >= 11 is 0. The maximum atomic E-state index is 10.0. The van der Waals surface area contributed by atoms with Crippen molar-refractivity contribution in [2.45, 2.75) is 32.9 Å². The number of aliphatic hydroxyl groups is 1. The Kier molecular flexibility index (Phi) is 3.45. The number of phenols is 2. The van der Waals surface area contributed by atoms with Gasteiger partial charge in [0, 0.05) is 11.6 Å². The largest absolute Gasteiger partial charge is 0.508 e. The van der Waals surface area contributed by atoms with E-state index in [-0.39, 0.29) is 16.9 Å². The van der Waals surface area contributed by atoms with Gasteiger partial charge in [-0.2, -0.15) is 0 Å². The summed E-state index contributed by atoms with van der Waals surface area (Å²) in [5.74, 6) is -0.130. The third kappa shape index (κ3) is 2.65. The average Bonchev–Trinajstić information content (AvgIpc) is 2.14. The zero-order valence-electron chi connectivity index (χ0n) is 9.81. The third-order valence-electron chi connectivity index (χ3n) is 2.60. The summed E-state index contributed by atoms with van der Waals surface area (Å²) in [6.45, 7) is 5.61. The SMILES string of the molecule is CC(C)(C)[C@@H](O)[C@@H](N)c1ccc(O)cc1O. The summed E-state index contributed by atoms with van der Waals surface area (Å²) in [7, 11) is 0. The highest BCUT2D eigenvalue weighted by Crippen LogP contribution is 2.33. The maximum Gasteiger partial charge on any atom is 0.124 e. The van der Waals surface area contributed by atoms with E-state index in [4.69, 9.17) is 10.8 Å². The quantitative estimate of drug-likeness (QED) is 0.614. The van der Waals surface area contributed by atoms with Crippen molar-refractivity contribution in [3.8, 4) is 11.5 Å². The molecule has 0 aliphatic rings. The van der Waals surface area contributed by atoms with Crippen LogP contribution in [-0.4, -0.2) is 21.4 Å². The van der Waals surface area contributed by atoms with Gasteiger partial charge >= 0.3 is 0 Å². The molecule has 0 heterocycles. The fourth-order valence-corrected chi connectivity index (χ4v) is 1.52. The van der Waals surface area contributed by atoms with Crippen LogP contribution in [0.25, 0.3) is 0 Å². The standard InChI is InChI=1S/C12H19NO3/c1-12(2,3)11(16)10(13)8-5-4-7(14)6-9(8)15/h4-6,10-11,14-16H,13H2,1-3H3/t10-,11-/m0/s1. The second kappa shape index (κ2) is 4.31. The first-order valence-corrected chi connectivity index (χ1v) is 5.19. The van der Waals surface area contributed by atoms with Crippen LogP contribution in [0.15, 0.2) is 18.2 Å². The van der Waals surface area contributed by atoms with Crippen LogP contribution in [0.1, 0.15) is 32.4 Å². The van der Waals surface area contributed by atoms with E-state index in [2.05, 4.69) is 0 Å². The van der Waals surface area contributed by atoms with Crippen molar-refractivity contribution in [2.24, 2.45) is 11.1 Å². The molecular weight excluding hydrogens is 206 g/mol. The van der Waals surface area contributed by atoms with Gasteiger partial charge in [0.25, 0.3) is 0 Å². The number of aromatic hydroxyl groups is 2. The second-order valence-electron chi connectivity index (χ2n) is 5.08. The van der Waals surface area contributed by atoms with Crippen molar-refractivity contribution in [1.29, 1.82) is 0 Å². The molecule has 1 aromatic rings. The van der Waals surface area contributed by atoms with Gasteiger partial charge in [-0.25, -0.2) is 0 Å². The Balaban J connectivity index is 3.01. The molecule has 0 radical (unpaired) electrons. The first-order chi connectivity index (χ1) is 7.23. The van der Waals surface area contributed by atoms with Crippen LogP contribution < -0.4 is 5.73 Å². The van der Waals surface area contributed by atoms with E-state index >= 15 is 0 Å². The molecule has 0 aliphatic heterocycles. The number of hydrogen-bond donors (Lipinski definition) is 4. The molecule has 0 unspecified atom stereocenters. The van der Waals surface area contributed by atoms with Crippen LogP contribution >= 0.6 is 0 Å². The van der Waals surface area contributed by atoms with Gasteiger partial charge in [0.15, 0.2) is 0 Å². The lowest BCUT2D eigenvalue weighted by molar-refractivity contribution is 0.0394. The van der Waals surface area contributed by atoms with Crippen LogP contribution in [0, 0.1) is 5.41 Å². The van der Waals surface area contributed by atoms with Gasteiger partial charge in [-0.15, -0.1) is 0 Å². The number of benzene rings is 1. The Bertz CT molecular complexity index is 371. The Morgan fingerprint density at radius 1 is 1.19 bits per heavy atom. The van der Waals surface area contributed by atoms with Crippen LogP contribution in [0.2, 0.25) is 0 Å². The van der Waals surface area contributed by atoms with Crippen LogP contribution in [0.4, 0.5) is 0 Å². The normalized spacial score (nSPS) is 15.8. The Hall–Kier alpha value is -1.26. The molecule has 4 heteroatoms. The van der Waals surface area contributed by atoms with Crippen molar-refractivity contribution in [3.63, 3.8) is 0 Å². The summed E-state index contributed by atoms with van der Waals surface area (Å²) in [5.41, 5.74) is 5.94. The first-order valence-electron chi connectivity index (χ1n) is 5.19. The first kappa shape index (κ1) is 12.8. The van der Waals surface area contributed by atoms with E-state index < -0.39 is 12.1 Å². The molecule has 1 aromatic carbocycles. The highest BCUT2D eigenvalue weighted by atomic mass is 16.3. The van der Waals surface area contributed by atoms with E-state index in [9.17, 15) is 10.2 Å². The van der Waals surface area contributed by atoms with E-state index in [0.717, 1.165) is 0 Å². The molecule has 0 saturated heterocycles. The molecule has 0 spiro atoms. The van der Waals surface area contributed by atoms with Crippen molar-refractivity contribution < 1.29 is 15.3 Å².